The number of amides is 1. The van der Waals surface area contributed by atoms with Gasteiger partial charge in [0, 0.05) is 11.3 Å². The van der Waals surface area contributed by atoms with E-state index < -0.39 is 0 Å². The van der Waals surface area contributed by atoms with Gasteiger partial charge < -0.3 is 19.5 Å². The van der Waals surface area contributed by atoms with Crippen LogP contribution in [0.15, 0.2) is 60.7 Å². The number of carbonyl (C=O) groups is 1. The number of fused-ring (bicyclic) bond motifs is 2. The van der Waals surface area contributed by atoms with Gasteiger partial charge in [0.25, 0.3) is 5.91 Å². The molecule has 0 atom stereocenters. The Morgan fingerprint density at radius 3 is 2.63 bits per heavy atom. The Kier molecular flexibility index (Phi) is 4.44. The molecule has 0 saturated carbocycles. The highest BCUT2D eigenvalue weighted by Crippen LogP contribution is 2.32. The van der Waals surface area contributed by atoms with Crippen LogP contribution in [0, 0.1) is 0 Å². The number of nitrogens with one attached hydrogen (secondary N) is 1. The van der Waals surface area contributed by atoms with E-state index in [0.29, 0.717) is 34.9 Å². The van der Waals surface area contributed by atoms with Crippen molar-refractivity contribution in [3.8, 4) is 22.9 Å². The van der Waals surface area contributed by atoms with Gasteiger partial charge in [-0.05, 0) is 67.6 Å². The molecule has 3 aromatic carbocycles. The Bertz CT molecular complexity index is 1230. The molecule has 0 unspecified atom stereocenters. The van der Waals surface area contributed by atoms with Crippen molar-refractivity contribution in [3.05, 3.63) is 66.2 Å². The molecule has 5 rings (SSSR count). The highest BCUT2D eigenvalue weighted by molar-refractivity contribution is 6.05. The Morgan fingerprint density at radius 2 is 1.80 bits per heavy atom. The third-order valence-corrected chi connectivity index (χ3v) is 4.65. The van der Waals surface area contributed by atoms with Crippen molar-refractivity contribution in [2.75, 3.05) is 18.7 Å². The molecule has 0 radical (unpaired) electrons. The van der Waals surface area contributed by atoms with Gasteiger partial charge in [0.1, 0.15) is 16.8 Å². The molecule has 1 aliphatic rings. The molecule has 0 spiro atoms. The average Bonchev–Trinajstić information content (AvgIpc) is 3.40. The van der Waals surface area contributed by atoms with Crippen molar-refractivity contribution >= 4 is 22.6 Å². The van der Waals surface area contributed by atoms with Crippen LogP contribution in [0.25, 0.3) is 16.7 Å². The largest absolute Gasteiger partial charge is 0.494 e. The summed E-state index contributed by atoms with van der Waals surface area (Å²) in [7, 11) is 0. The molecule has 30 heavy (non-hydrogen) atoms. The van der Waals surface area contributed by atoms with Crippen molar-refractivity contribution in [1.82, 2.24) is 15.0 Å². The van der Waals surface area contributed by atoms with Crippen molar-refractivity contribution in [3.63, 3.8) is 0 Å². The Hall–Kier alpha value is -4.07. The first-order valence-corrected chi connectivity index (χ1v) is 9.51. The van der Waals surface area contributed by atoms with E-state index in [-0.39, 0.29) is 12.7 Å². The zero-order chi connectivity index (χ0) is 20.5. The number of carbonyl (C=O) groups excluding carboxylic acids is 1. The Balaban J connectivity index is 1.36. The SMILES string of the molecule is CCOc1ccc(-n2nc3ccc(NC(=O)c4ccc5c(c4)OCO5)cc3n2)cc1. The lowest BCUT2D eigenvalue weighted by molar-refractivity contribution is 0.102. The predicted molar refractivity (Wildman–Crippen MR) is 111 cm³/mol. The molecule has 0 bridgehead atoms. The normalized spacial score (nSPS) is 12.2. The maximum atomic E-state index is 12.6. The average molecular weight is 402 g/mol. The molecule has 4 aromatic rings. The molecule has 0 saturated heterocycles. The van der Waals surface area contributed by atoms with Crippen molar-refractivity contribution in [2.45, 2.75) is 6.92 Å². The number of hydrogen-bond donors (Lipinski definition) is 1. The second kappa shape index (κ2) is 7.40. The first-order valence-electron chi connectivity index (χ1n) is 9.51. The molecule has 150 valence electrons. The highest BCUT2D eigenvalue weighted by atomic mass is 16.7. The summed E-state index contributed by atoms with van der Waals surface area (Å²) in [5, 5.41) is 11.9. The first kappa shape index (κ1) is 18.0. The van der Waals surface area contributed by atoms with Crippen molar-refractivity contribution in [2.24, 2.45) is 0 Å². The maximum absolute atomic E-state index is 12.6. The third kappa shape index (κ3) is 3.39. The lowest BCUT2D eigenvalue weighted by Crippen LogP contribution is -2.11. The predicted octanol–water partition coefficient (Wildman–Crippen LogP) is 3.80. The number of nitrogens with zero attached hydrogens (tertiary/aromatic N) is 3. The first-order chi connectivity index (χ1) is 14.7. The van der Waals surface area contributed by atoms with Gasteiger partial charge in [-0.3, -0.25) is 4.79 Å². The van der Waals surface area contributed by atoms with E-state index in [2.05, 4.69) is 15.5 Å². The molecular formula is C22H18N4O4. The van der Waals surface area contributed by atoms with Crippen LogP contribution in [-0.2, 0) is 0 Å². The molecule has 0 fully saturated rings. The second-order valence-electron chi connectivity index (χ2n) is 6.64. The monoisotopic (exact) mass is 402 g/mol. The number of hydrogen-bond acceptors (Lipinski definition) is 6. The molecular weight excluding hydrogens is 384 g/mol. The third-order valence-electron chi connectivity index (χ3n) is 4.65. The lowest BCUT2D eigenvalue weighted by Gasteiger charge is -2.05. The fraction of sp³-hybridized carbons (Fsp3) is 0.136. The van der Waals surface area contributed by atoms with Crippen molar-refractivity contribution < 1.29 is 19.0 Å². The molecule has 0 aliphatic carbocycles. The summed E-state index contributed by atoms with van der Waals surface area (Å²) in [6, 6.07) is 18.0. The lowest BCUT2D eigenvalue weighted by atomic mass is 10.2. The van der Waals surface area contributed by atoms with Gasteiger partial charge in [0.15, 0.2) is 11.5 Å². The van der Waals surface area contributed by atoms with E-state index >= 15 is 0 Å². The molecule has 8 heteroatoms. The van der Waals surface area contributed by atoms with Gasteiger partial charge in [-0.2, -0.15) is 4.80 Å². The van der Waals surface area contributed by atoms with Crippen LogP contribution in [0.4, 0.5) is 5.69 Å². The second-order valence-corrected chi connectivity index (χ2v) is 6.64. The minimum absolute atomic E-state index is 0.168. The van der Waals surface area contributed by atoms with Gasteiger partial charge in [-0.25, -0.2) is 0 Å². The number of rotatable bonds is 5. The van der Waals surface area contributed by atoms with Crippen LogP contribution in [-0.4, -0.2) is 34.3 Å². The summed E-state index contributed by atoms with van der Waals surface area (Å²) in [5.74, 6) is 1.76. The Labute approximate surface area is 172 Å². The maximum Gasteiger partial charge on any atom is 0.255 e. The zero-order valence-electron chi connectivity index (χ0n) is 16.2. The minimum Gasteiger partial charge on any atom is -0.494 e. The standard InChI is InChI=1S/C22H18N4O4/c1-2-28-17-7-5-16(6-8-17)26-24-18-9-4-15(12-19(18)25-26)23-22(27)14-3-10-20-21(11-14)30-13-29-20/h3-12H,2,13H2,1H3,(H,23,27). The summed E-state index contributed by atoms with van der Waals surface area (Å²) in [5.41, 5.74) is 3.33. The van der Waals surface area contributed by atoms with Gasteiger partial charge >= 0.3 is 0 Å². The molecule has 1 amide bonds. The Morgan fingerprint density at radius 1 is 1.00 bits per heavy atom. The van der Waals surface area contributed by atoms with E-state index in [0.717, 1.165) is 17.0 Å². The van der Waals surface area contributed by atoms with Gasteiger partial charge in [0.05, 0.1) is 12.3 Å². The molecule has 2 heterocycles. The minimum atomic E-state index is -0.244. The van der Waals surface area contributed by atoms with E-state index in [4.69, 9.17) is 14.2 Å². The van der Waals surface area contributed by atoms with Crippen LogP contribution in [0.2, 0.25) is 0 Å². The topological polar surface area (TPSA) is 87.5 Å². The number of anilines is 1. The molecule has 1 N–H and O–H groups in total. The number of aromatic nitrogens is 3. The van der Waals surface area contributed by atoms with Crippen LogP contribution in [0.5, 0.6) is 17.2 Å². The van der Waals surface area contributed by atoms with E-state index in [1.165, 1.54) is 0 Å². The van der Waals surface area contributed by atoms with Gasteiger partial charge in [-0.15, -0.1) is 10.2 Å². The summed E-state index contributed by atoms with van der Waals surface area (Å²) in [6.45, 7) is 2.73. The van der Waals surface area contributed by atoms with E-state index in [1.807, 2.05) is 37.3 Å². The quantitative estimate of drug-likeness (QED) is 0.546. The van der Waals surface area contributed by atoms with Gasteiger partial charge in [0.2, 0.25) is 6.79 Å². The summed E-state index contributed by atoms with van der Waals surface area (Å²) < 4.78 is 16.1. The summed E-state index contributed by atoms with van der Waals surface area (Å²) in [4.78, 5) is 14.2. The molecule has 8 nitrogen and oxygen atoms in total. The molecule has 1 aliphatic heterocycles. The summed E-state index contributed by atoms with van der Waals surface area (Å²) >= 11 is 0. The van der Waals surface area contributed by atoms with Crippen LogP contribution in [0.1, 0.15) is 17.3 Å². The van der Waals surface area contributed by atoms with Crippen LogP contribution < -0.4 is 19.5 Å². The van der Waals surface area contributed by atoms with Gasteiger partial charge in [-0.1, -0.05) is 0 Å². The number of ether oxygens (including phenoxy) is 3. The van der Waals surface area contributed by atoms with E-state index in [9.17, 15) is 4.79 Å². The highest BCUT2D eigenvalue weighted by Gasteiger charge is 2.16. The fourth-order valence-electron chi connectivity index (χ4n) is 3.19. The zero-order valence-corrected chi connectivity index (χ0v) is 16.2. The fourth-order valence-corrected chi connectivity index (χ4v) is 3.19. The van der Waals surface area contributed by atoms with Crippen LogP contribution in [0.3, 0.4) is 0 Å². The number of benzene rings is 3. The molecule has 1 aromatic heterocycles. The summed E-state index contributed by atoms with van der Waals surface area (Å²) in [6.07, 6.45) is 0. The van der Waals surface area contributed by atoms with E-state index in [1.54, 1.807) is 35.1 Å². The van der Waals surface area contributed by atoms with Crippen LogP contribution >= 0.6 is 0 Å². The van der Waals surface area contributed by atoms with Crippen molar-refractivity contribution in [1.29, 1.82) is 0 Å². The smallest absolute Gasteiger partial charge is 0.255 e.